The number of nitrogens with zero attached hydrogens (tertiary/aromatic N) is 2. The third-order valence-electron chi connectivity index (χ3n) is 6.66. The molecule has 0 saturated heterocycles. The second-order valence-electron chi connectivity index (χ2n) is 9.85. The Labute approximate surface area is 265 Å². The first kappa shape index (κ1) is 32.5. The Morgan fingerprint density at radius 1 is 1.00 bits per heavy atom. The number of likely N-dealkylation sites (N-methyl/N-ethyl adjacent to an activating group) is 1. The van der Waals surface area contributed by atoms with Gasteiger partial charge in [-0.3, -0.25) is 14.4 Å². The maximum absolute atomic E-state index is 12.9. The molecule has 9 nitrogen and oxygen atoms in total. The molecule has 228 valence electrons. The van der Waals surface area contributed by atoms with E-state index in [-0.39, 0.29) is 36.4 Å². The normalized spacial score (nSPS) is 11.0. The Bertz CT molecular complexity index is 1690. The molecule has 3 amide bonds. The van der Waals surface area contributed by atoms with Crippen molar-refractivity contribution in [3.63, 3.8) is 0 Å². The lowest BCUT2D eigenvalue weighted by Crippen LogP contribution is -2.37. The summed E-state index contributed by atoms with van der Waals surface area (Å²) >= 11 is 13.2. The van der Waals surface area contributed by atoms with E-state index in [0.717, 1.165) is 22.2 Å². The highest BCUT2D eigenvalue weighted by molar-refractivity contribution is 6.38. The average Bonchev–Trinajstić information content (AvgIpc) is 3.02. The molecule has 0 saturated carbocycles. The van der Waals surface area contributed by atoms with Gasteiger partial charge < -0.3 is 25.0 Å². The van der Waals surface area contributed by atoms with Crippen molar-refractivity contribution in [2.75, 3.05) is 37.5 Å². The van der Waals surface area contributed by atoms with Crippen LogP contribution in [0.2, 0.25) is 10.0 Å². The van der Waals surface area contributed by atoms with Crippen LogP contribution in [0.25, 0.3) is 17.0 Å². The van der Waals surface area contributed by atoms with Crippen molar-refractivity contribution in [1.29, 1.82) is 0 Å². The summed E-state index contributed by atoms with van der Waals surface area (Å²) in [6.07, 6.45) is 3.19. The van der Waals surface area contributed by atoms with Gasteiger partial charge in [0.25, 0.3) is 0 Å². The molecule has 0 radical (unpaired) electrons. The minimum atomic E-state index is -0.445. The minimum Gasteiger partial charge on any atom is -0.487 e. The highest BCUT2D eigenvalue weighted by Gasteiger charge is 2.19. The Morgan fingerprint density at radius 3 is 2.52 bits per heavy atom. The van der Waals surface area contributed by atoms with Crippen molar-refractivity contribution >= 4 is 69.3 Å². The predicted octanol–water partition coefficient (Wildman–Crippen LogP) is 6.20. The van der Waals surface area contributed by atoms with Gasteiger partial charge in [-0.15, -0.1) is 0 Å². The zero-order valence-corrected chi connectivity index (χ0v) is 26.0. The second kappa shape index (κ2) is 15.3. The molecule has 0 spiro atoms. The number of ether oxygens (including phenoxy) is 2. The van der Waals surface area contributed by atoms with E-state index in [4.69, 9.17) is 32.7 Å². The van der Waals surface area contributed by atoms with Gasteiger partial charge in [0.15, 0.2) is 0 Å². The summed E-state index contributed by atoms with van der Waals surface area (Å²) in [4.78, 5) is 43.1. The number of nitrogens with one attached hydrogen (secondary N) is 2. The molecule has 4 aromatic rings. The van der Waals surface area contributed by atoms with Crippen molar-refractivity contribution in [3.8, 4) is 5.75 Å². The van der Waals surface area contributed by atoms with Crippen LogP contribution in [0.5, 0.6) is 5.75 Å². The molecule has 4 rings (SSSR count). The molecule has 0 aliphatic heterocycles. The van der Waals surface area contributed by atoms with Gasteiger partial charge in [-0.1, -0.05) is 53.5 Å². The lowest BCUT2D eigenvalue weighted by Gasteiger charge is -2.21. The van der Waals surface area contributed by atoms with Gasteiger partial charge in [0.2, 0.25) is 17.7 Å². The number of aryl methyl sites for hydroxylation is 1. The Balaban J connectivity index is 1.34. The molecule has 0 atom stereocenters. The number of carbonyl (C=O) groups is 3. The fourth-order valence-corrected chi connectivity index (χ4v) is 4.81. The summed E-state index contributed by atoms with van der Waals surface area (Å²) in [5, 5.41) is 6.96. The zero-order valence-electron chi connectivity index (χ0n) is 24.5. The molecule has 3 aromatic carbocycles. The van der Waals surface area contributed by atoms with Crippen LogP contribution in [0.4, 0.5) is 11.4 Å². The highest BCUT2D eigenvalue weighted by Crippen LogP contribution is 2.35. The molecule has 0 aliphatic rings. The molecule has 44 heavy (non-hydrogen) atoms. The predicted molar refractivity (Wildman–Crippen MR) is 174 cm³/mol. The van der Waals surface area contributed by atoms with Crippen LogP contribution in [0.15, 0.2) is 72.8 Å². The third kappa shape index (κ3) is 8.57. The summed E-state index contributed by atoms with van der Waals surface area (Å²) in [5.74, 6) is -0.393. The van der Waals surface area contributed by atoms with Crippen molar-refractivity contribution < 1.29 is 23.9 Å². The molecule has 0 aliphatic carbocycles. The number of carbonyl (C=O) groups excluding carboxylic acids is 3. The fraction of sp³-hybridized carbons (Fsp3) is 0.212. The first-order chi connectivity index (χ1) is 21.2. The summed E-state index contributed by atoms with van der Waals surface area (Å²) in [6, 6.07) is 19.8. The van der Waals surface area contributed by atoms with Gasteiger partial charge >= 0.3 is 0 Å². The maximum Gasteiger partial charge on any atom is 0.246 e. The van der Waals surface area contributed by atoms with Crippen LogP contribution >= 0.6 is 23.2 Å². The lowest BCUT2D eigenvalue weighted by molar-refractivity contribution is -0.122. The minimum absolute atomic E-state index is 0.0605. The number of benzene rings is 3. The maximum atomic E-state index is 12.9. The topological polar surface area (TPSA) is 110 Å². The smallest absolute Gasteiger partial charge is 0.246 e. The molecule has 1 heterocycles. The van der Waals surface area contributed by atoms with Gasteiger partial charge in [-0.25, -0.2) is 4.98 Å². The standard InChI is InChI=1S/C33H32Cl2N4O5/c1-21-7-11-23-5-4-6-28(33(23)37-21)44-20-25-26(34)14-15-27(32(25)35)39(2)31(42)19-36-29(40)16-10-22-8-12-24(13-9-22)38-30(41)17-18-43-3/h4-16H,17-20H2,1-3H3,(H,36,40)(H,38,41). The molecule has 0 unspecified atom stereocenters. The van der Waals surface area contributed by atoms with E-state index in [1.165, 1.54) is 18.1 Å². The third-order valence-corrected chi connectivity index (χ3v) is 7.44. The molecular formula is C33H32Cl2N4O5. The zero-order chi connectivity index (χ0) is 31.6. The van der Waals surface area contributed by atoms with E-state index in [1.54, 1.807) is 49.5 Å². The highest BCUT2D eigenvalue weighted by atomic mass is 35.5. The number of anilines is 2. The second-order valence-corrected chi connectivity index (χ2v) is 10.6. The van der Waals surface area contributed by atoms with Crippen molar-refractivity contribution in [2.45, 2.75) is 20.0 Å². The largest absolute Gasteiger partial charge is 0.487 e. The number of para-hydroxylation sites is 1. The molecule has 0 bridgehead atoms. The number of rotatable bonds is 12. The molecular weight excluding hydrogens is 603 g/mol. The van der Waals surface area contributed by atoms with Crippen LogP contribution in [-0.2, 0) is 25.7 Å². The van der Waals surface area contributed by atoms with Gasteiger partial charge in [0, 0.05) is 47.6 Å². The number of halogens is 2. The Morgan fingerprint density at radius 2 is 1.77 bits per heavy atom. The van der Waals surface area contributed by atoms with E-state index < -0.39 is 5.91 Å². The number of hydrogen-bond acceptors (Lipinski definition) is 6. The summed E-state index contributed by atoms with van der Waals surface area (Å²) < 4.78 is 11.0. The summed E-state index contributed by atoms with van der Waals surface area (Å²) in [6.45, 7) is 2.06. The number of aromatic nitrogens is 1. The summed E-state index contributed by atoms with van der Waals surface area (Å²) in [7, 11) is 3.10. The number of fused-ring (bicyclic) bond motifs is 1. The van der Waals surface area contributed by atoms with E-state index in [1.807, 2.05) is 37.3 Å². The quantitative estimate of drug-likeness (QED) is 0.180. The van der Waals surface area contributed by atoms with Crippen molar-refractivity contribution in [1.82, 2.24) is 10.3 Å². The van der Waals surface area contributed by atoms with Gasteiger partial charge in [-0.05, 0) is 55.0 Å². The van der Waals surface area contributed by atoms with Gasteiger partial charge in [-0.2, -0.15) is 0 Å². The van der Waals surface area contributed by atoms with Crippen LogP contribution in [0.3, 0.4) is 0 Å². The number of amides is 3. The summed E-state index contributed by atoms with van der Waals surface area (Å²) in [5.41, 5.74) is 3.91. The van der Waals surface area contributed by atoms with Crippen molar-refractivity contribution in [2.24, 2.45) is 0 Å². The van der Waals surface area contributed by atoms with Crippen LogP contribution < -0.4 is 20.3 Å². The molecule has 1 aromatic heterocycles. The number of pyridine rings is 1. The monoisotopic (exact) mass is 634 g/mol. The van der Waals surface area contributed by atoms with Crippen molar-refractivity contribution in [3.05, 3.63) is 99.7 Å². The molecule has 2 N–H and O–H groups in total. The first-order valence-corrected chi connectivity index (χ1v) is 14.5. The van der Waals surface area contributed by atoms with E-state index in [0.29, 0.717) is 34.3 Å². The van der Waals surface area contributed by atoms with E-state index in [9.17, 15) is 14.4 Å². The molecule has 11 heteroatoms. The number of methoxy groups -OCH3 is 1. The van der Waals surface area contributed by atoms with E-state index in [2.05, 4.69) is 15.6 Å². The number of hydrogen-bond donors (Lipinski definition) is 2. The SMILES string of the molecule is COCCC(=O)Nc1ccc(C=CC(=O)NCC(=O)N(C)c2ccc(Cl)c(COc3cccc4ccc(C)nc34)c2Cl)cc1. The van der Waals surface area contributed by atoms with Crippen LogP contribution in [0, 0.1) is 6.92 Å². The lowest BCUT2D eigenvalue weighted by atomic mass is 10.1. The Hall–Kier alpha value is -4.44. The Kier molecular flexibility index (Phi) is 11.3. The van der Waals surface area contributed by atoms with Crippen LogP contribution in [0.1, 0.15) is 23.2 Å². The molecule has 0 fully saturated rings. The first-order valence-electron chi connectivity index (χ1n) is 13.7. The average molecular weight is 636 g/mol. The van der Waals surface area contributed by atoms with Crippen LogP contribution in [-0.4, -0.2) is 50.0 Å². The van der Waals surface area contributed by atoms with Gasteiger partial charge in [0.1, 0.15) is 17.9 Å². The fourth-order valence-electron chi connectivity index (χ4n) is 4.20. The van der Waals surface area contributed by atoms with Gasteiger partial charge in [0.05, 0.1) is 30.3 Å². The van der Waals surface area contributed by atoms with E-state index >= 15 is 0 Å².